The summed E-state index contributed by atoms with van der Waals surface area (Å²) in [5, 5.41) is 0. The van der Waals surface area contributed by atoms with Crippen molar-refractivity contribution in [1.29, 1.82) is 0 Å². The third-order valence-corrected chi connectivity index (χ3v) is 6.00. The summed E-state index contributed by atoms with van der Waals surface area (Å²) >= 11 is 0. The van der Waals surface area contributed by atoms with Gasteiger partial charge in [0.05, 0.1) is 4.90 Å². The number of rotatable bonds is 2. The van der Waals surface area contributed by atoms with E-state index in [1.54, 1.807) is 22.5 Å². The predicted molar refractivity (Wildman–Crippen MR) is 81.1 cm³/mol. The number of nitrogen functional groups attached to an aromatic ring is 1. The number of nitrogens with two attached hydrogens (primary N) is 1. The van der Waals surface area contributed by atoms with Crippen molar-refractivity contribution in [2.45, 2.75) is 31.2 Å². The topological polar surface area (TPSA) is 66.6 Å². The van der Waals surface area contributed by atoms with E-state index in [4.69, 9.17) is 5.73 Å². The minimum absolute atomic E-state index is 0.159. The van der Waals surface area contributed by atoms with E-state index in [-0.39, 0.29) is 5.54 Å². The second-order valence-corrected chi connectivity index (χ2v) is 8.03. The van der Waals surface area contributed by atoms with Crippen LogP contribution >= 0.6 is 0 Å². The molecule has 6 heteroatoms. The van der Waals surface area contributed by atoms with Crippen LogP contribution in [0.3, 0.4) is 0 Å². The number of likely N-dealkylation sites (N-methyl/N-ethyl adjacent to an activating group) is 1. The lowest BCUT2D eigenvalue weighted by Crippen LogP contribution is -2.58. The Morgan fingerprint density at radius 2 is 1.90 bits per heavy atom. The van der Waals surface area contributed by atoms with Crippen LogP contribution in [0.2, 0.25) is 0 Å². The third-order valence-electron chi connectivity index (χ3n) is 4.16. The van der Waals surface area contributed by atoms with Gasteiger partial charge in [-0.2, -0.15) is 4.31 Å². The SMILES string of the molecule is Cc1cc(S(=O)(=O)N2CCN(C)C(C)(C)C2)ccc1N. The minimum Gasteiger partial charge on any atom is -0.399 e. The van der Waals surface area contributed by atoms with Crippen molar-refractivity contribution in [1.82, 2.24) is 9.21 Å². The van der Waals surface area contributed by atoms with Crippen LogP contribution < -0.4 is 5.73 Å². The second-order valence-electron chi connectivity index (χ2n) is 6.09. The summed E-state index contributed by atoms with van der Waals surface area (Å²) in [5.41, 5.74) is 7.00. The van der Waals surface area contributed by atoms with Crippen molar-refractivity contribution < 1.29 is 8.42 Å². The molecular formula is C14H23N3O2S. The Morgan fingerprint density at radius 1 is 1.25 bits per heavy atom. The molecule has 1 heterocycles. The molecule has 0 aliphatic carbocycles. The van der Waals surface area contributed by atoms with E-state index >= 15 is 0 Å². The molecule has 0 atom stereocenters. The van der Waals surface area contributed by atoms with E-state index in [0.717, 1.165) is 12.1 Å². The van der Waals surface area contributed by atoms with Gasteiger partial charge in [-0.3, -0.25) is 4.90 Å². The fraction of sp³-hybridized carbons (Fsp3) is 0.571. The highest BCUT2D eigenvalue weighted by molar-refractivity contribution is 7.89. The summed E-state index contributed by atoms with van der Waals surface area (Å²) in [5.74, 6) is 0. The maximum atomic E-state index is 12.7. The number of sulfonamides is 1. The van der Waals surface area contributed by atoms with Gasteiger partial charge < -0.3 is 5.73 Å². The lowest BCUT2D eigenvalue weighted by Gasteiger charge is -2.44. The number of hydrogen-bond acceptors (Lipinski definition) is 4. The van der Waals surface area contributed by atoms with Gasteiger partial charge in [-0.05, 0) is 51.6 Å². The van der Waals surface area contributed by atoms with Crippen molar-refractivity contribution >= 4 is 15.7 Å². The van der Waals surface area contributed by atoms with Crippen LogP contribution in [0.5, 0.6) is 0 Å². The highest BCUT2D eigenvalue weighted by atomic mass is 32.2. The molecule has 1 aliphatic heterocycles. The summed E-state index contributed by atoms with van der Waals surface area (Å²) in [6.07, 6.45) is 0. The number of aryl methyl sites for hydroxylation is 1. The Morgan fingerprint density at radius 3 is 2.45 bits per heavy atom. The molecule has 1 saturated heterocycles. The number of piperazine rings is 1. The largest absolute Gasteiger partial charge is 0.399 e. The number of benzene rings is 1. The average Bonchev–Trinajstić information content (AvgIpc) is 2.35. The molecule has 0 spiro atoms. The minimum atomic E-state index is -3.44. The van der Waals surface area contributed by atoms with E-state index < -0.39 is 10.0 Å². The average molecular weight is 297 g/mol. The molecule has 0 bridgehead atoms. The molecule has 1 aliphatic rings. The molecule has 20 heavy (non-hydrogen) atoms. The Labute approximate surface area is 121 Å². The van der Waals surface area contributed by atoms with E-state index in [0.29, 0.717) is 23.7 Å². The van der Waals surface area contributed by atoms with Crippen LogP contribution in [0.15, 0.2) is 23.1 Å². The quantitative estimate of drug-likeness (QED) is 0.835. The first-order valence-electron chi connectivity index (χ1n) is 6.72. The monoisotopic (exact) mass is 297 g/mol. The fourth-order valence-corrected chi connectivity index (χ4v) is 4.03. The highest BCUT2D eigenvalue weighted by Gasteiger charge is 2.37. The smallest absolute Gasteiger partial charge is 0.243 e. The van der Waals surface area contributed by atoms with Gasteiger partial charge in [-0.15, -0.1) is 0 Å². The summed E-state index contributed by atoms with van der Waals surface area (Å²) in [6.45, 7) is 7.69. The van der Waals surface area contributed by atoms with Gasteiger partial charge in [0.25, 0.3) is 0 Å². The first kappa shape index (κ1) is 15.3. The Hall–Kier alpha value is -1.11. The van der Waals surface area contributed by atoms with Crippen molar-refractivity contribution in [3.63, 3.8) is 0 Å². The van der Waals surface area contributed by atoms with Crippen molar-refractivity contribution in [3.05, 3.63) is 23.8 Å². The first-order valence-corrected chi connectivity index (χ1v) is 8.16. The second kappa shape index (κ2) is 5.02. The van der Waals surface area contributed by atoms with E-state index in [9.17, 15) is 8.42 Å². The van der Waals surface area contributed by atoms with Crippen molar-refractivity contribution in [3.8, 4) is 0 Å². The molecule has 2 N–H and O–H groups in total. The molecule has 0 aromatic heterocycles. The highest BCUT2D eigenvalue weighted by Crippen LogP contribution is 2.26. The van der Waals surface area contributed by atoms with E-state index in [1.165, 1.54) is 0 Å². The Balaban J connectivity index is 2.33. The lowest BCUT2D eigenvalue weighted by molar-refractivity contribution is 0.0801. The molecule has 0 unspecified atom stereocenters. The summed E-state index contributed by atoms with van der Waals surface area (Å²) in [4.78, 5) is 2.51. The zero-order chi connectivity index (χ0) is 15.1. The van der Waals surface area contributed by atoms with E-state index in [2.05, 4.69) is 18.7 Å². The zero-order valence-corrected chi connectivity index (χ0v) is 13.4. The summed E-state index contributed by atoms with van der Waals surface area (Å²) < 4.78 is 27.0. The molecule has 1 fully saturated rings. The van der Waals surface area contributed by atoms with Crippen LogP contribution in [0.4, 0.5) is 5.69 Å². The van der Waals surface area contributed by atoms with Crippen molar-refractivity contribution in [2.24, 2.45) is 0 Å². The van der Waals surface area contributed by atoms with Crippen LogP contribution in [-0.4, -0.2) is 49.8 Å². The molecule has 1 aromatic rings. The van der Waals surface area contributed by atoms with Gasteiger partial charge >= 0.3 is 0 Å². The molecule has 5 nitrogen and oxygen atoms in total. The van der Waals surface area contributed by atoms with Gasteiger partial charge in [0.2, 0.25) is 10.0 Å². The molecule has 1 aromatic carbocycles. The zero-order valence-electron chi connectivity index (χ0n) is 12.5. The number of anilines is 1. The maximum Gasteiger partial charge on any atom is 0.243 e. The lowest BCUT2D eigenvalue weighted by atomic mass is 10.0. The van der Waals surface area contributed by atoms with Crippen LogP contribution in [0, 0.1) is 6.92 Å². The first-order chi connectivity index (χ1) is 9.14. The number of hydrogen-bond donors (Lipinski definition) is 1. The molecule has 0 radical (unpaired) electrons. The molecule has 112 valence electrons. The third kappa shape index (κ3) is 2.68. The Bertz CT molecular complexity index is 611. The van der Waals surface area contributed by atoms with Crippen LogP contribution in [-0.2, 0) is 10.0 Å². The Kier molecular flexibility index (Phi) is 3.83. The summed E-state index contributed by atoms with van der Waals surface area (Å²) in [7, 11) is -1.42. The maximum absolute atomic E-state index is 12.7. The normalized spacial score (nSPS) is 21.0. The number of nitrogens with zero attached hydrogens (tertiary/aromatic N) is 2. The van der Waals surface area contributed by atoms with E-state index in [1.807, 2.05) is 14.0 Å². The standard InChI is InChI=1S/C14H23N3O2S/c1-11-9-12(5-6-13(11)15)20(18,19)17-8-7-16(4)14(2,3)10-17/h5-6,9H,7-8,10,15H2,1-4H3. The molecule has 2 rings (SSSR count). The molecular weight excluding hydrogens is 274 g/mol. The molecule has 0 amide bonds. The van der Waals surface area contributed by atoms with Crippen LogP contribution in [0.25, 0.3) is 0 Å². The van der Waals surface area contributed by atoms with Gasteiger partial charge in [-0.25, -0.2) is 8.42 Å². The van der Waals surface area contributed by atoms with Crippen molar-refractivity contribution in [2.75, 3.05) is 32.4 Å². The van der Waals surface area contributed by atoms with Gasteiger partial charge in [0.15, 0.2) is 0 Å². The fourth-order valence-electron chi connectivity index (χ4n) is 2.36. The van der Waals surface area contributed by atoms with Crippen LogP contribution in [0.1, 0.15) is 19.4 Å². The predicted octanol–water partition coefficient (Wildman–Crippen LogP) is 1.29. The van der Waals surface area contributed by atoms with Gasteiger partial charge in [-0.1, -0.05) is 0 Å². The molecule has 0 saturated carbocycles. The van der Waals surface area contributed by atoms with Gasteiger partial charge in [0, 0.05) is 30.9 Å². The summed E-state index contributed by atoms with van der Waals surface area (Å²) in [6, 6.07) is 4.89. The van der Waals surface area contributed by atoms with Gasteiger partial charge in [0.1, 0.15) is 0 Å².